The van der Waals surface area contributed by atoms with Crippen LogP contribution in [0.25, 0.3) is 0 Å². The monoisotopic (exact) mass is 287 g/mol. The number of hydrogen-bond acceptors (Lipinski definition) is 5. The van der Waals surface area contributed by atoms with E-state index in [2.05, 4.69) is 21.4 Å². The Kier molecular flexibility index (Phi) is 4.41. The third-order valence-corrected chi connectivity index (χ3v) is 3.52. The van der Waals surface area contributed by atoms with Crippen molar-refractivity contribution in [1.29, 1.82) is 5.26 Å². The van der Waals surface area contributed by atoms with Crippen molar-refractivity contribution in [3.8, 4) is 6.07 Å². The number of carbonyl (C=O) groups excluding carboxylic acids is 1. The number of rotatable bonds is 2. The average molecular weight is 287 g/mol. The molecule has 0 aliphatic carbocycles. The summed E-state index contributed by atoms with van der Waals surface area (Å²) in [5.74, 6) is 0.656. The van der Waals surface area contributed by atoms with Crippen molar-refractivity contribution >= 4 is 11.7 Å². The summed E-state index contributed by atoms with van der Waals surface area (Å²) in [5, 5.41) is 12.2. The lowest BCUT2D eigenvalue weighted by atomic mass is 9.94. The maximum Gasteiger partial charge on any atom is 0.225 e. The summed E-state index contributed by atoms with van der Waals surface area (Å²) in [6.45, 7) is 7.20. The third-order valence-electron chi connectivity index (χ3n) is 3.52. The van der Waals surface area contributed by atoms with Crippen molar-refractivity contribution in [2.75, 3.05) is 18.0 Å². The Balaban J connectivity index is 2.08. The molecule has 1 aliphatic rings. The van der Waals surface area contributed by atoms with Crippen LogP contribution >= 0.6 is 0 Å². The maximum absolute atomic E-state index is 12.1. The molecule has 21 heavy (non-hydrogen) atoms. The molecule has 0 spiro atoms. The lowest BCUT2D eigenvalue weighted by Crippen LogP contribution is -2.50. The zero-order valence-electron chi connectivity index (χ0n) is 12.8. The van der Waals surface area contributed by atoms with Gasteiger partial charge in [-0.2, -0.15) is 5.26 Å². The van der Waals surface area contributed by atoms with E-state index < -0.39 is 5.41 Å². The molecule has 1 aromatic rings. The standard InChI is InChI=1S/C15H21N5O/c1-15(2,3)14(21)19-11-5-4-8-20(10-11)13-12(9-16)17-6-7-18-13/h6-7,11H,4-5,8,10H2,1-3H3,(H,19,21). The lowest BCUT2D eigenvalue weighted by Gasteiger charge is -2.35. The van der Waals surface area contributed by atoms with E-state index in [0.29, 0.717) is 18.1 Å². The van der Waals surface area contributed by atoms with E-state index in [-0.39, 0.29) is 11.9 Å². The van der Waals surface area contributed by atoms with Gasteiger partial charge in [0.05, 0.1) is 0 Å². The van der Waals surface area contributed by atoms with Crippen molar-refractivity contribution in [2.45, 2.75) is 39.7 Å². The van der Waals surface area contributed by atoms with E-state index in [0.717, 1.165) is 19.4 Å². The molecular weight excluding hydrogens is 266 g/mol. The largest absolute Gasteiger partial charge is 0.352 e. The fourth-order valence-electron chi connectivity index (χ4n) is 2.33. The molecule has 1 aromatic heterocycles. The molecule has 1 atom stereocenters. The van der Waals surface area contributed by atoms with E-state index in [9.17, 15) is 4.79 Å². The second kappa shape index (κ2) is 6.08. The van der Waals surface area contributed by atoms with Gasteiger partial charge in [-0.25, -0.2) is 9.97 Å². The first-order valence-electron chi connectivity index (χ1n) is 7.19. The van der Waals surface area contributed by atoms with Gasteiger partial charge in [-0.05, 0) is 12.8 Å². The van der Waals surface area contributed by atoms with Crippen LogP contribution in [0.15, 0.2) is 12.4 Å². The molecule has 0 aromatic carbocycles. The lowest BCUT2D eigenvalue weighted by molar-refractivity contribution is -0.129. The SMILES string of the molecule is CC(C)(C)C(=O)NC1CCCN(c2nccnc2C#N)C1. The molecular formula is C15H21N5O. The van der Waals surface area contributed by atoms with Crippen LogP contribution in [0, 0.1) is 16.7 Å². The highest BCUT2D eigenvalue weighted by Crippen LogP contribution is 2.21. The van der Waals surface area contributed by atoms with E-state index >= 15 is 0 Å². The Bertz CT molecular complexity index is 558. The van der Waals surface area contributed by atoms with Gasteiger partial charge in [0.25, 0.3) is 0 Å². The number of nitriles is 1. The van der Waals surface area contributed by atoms with Crippen LogP contribution in [-0.2, 0) is 4.79 Å². The van der Waals surface area contributed by atoms with E-state index in [1.807, 2.05) is 25.7 Å². The summed E-state index contributed by atoms with van der Waals surface area (Å²) in [6, 6.07) is 2.15. The van der Waals surface area contributed by atoms with Crippen molar-refractivity contribution in [2.24, 2.45) is 5.41 Å². The van der Waals surface area contributed by atoms with Crippen LogP contribution < -0.4 is 10.2 Å². The predicted molar refractivity (Wildman–Crippen MR) is 79.6 cm³/mol. The van der Waals surface area contributed by atoms with Crippen LogP contribution in [-0.4, -0.2) is 35.0 Å². The second-order valence-electron chi connectivity index (χ2n) is 6.35. The van der Waals surface area contributed by atoms with Crippen LogP contribution in [0.1, 0.15) is 39.3 Å². The van der Waals surface area contributed by atoms with Crippen LogP contribution in [0.5, 0.6) is 0 Å². The minimum absolute atomic E-state index is 0.0500. The number of nitrogens with zero attached hydrogens (tertiary/aromatic N) is 4. The fraction of sp³-hybridized carbons (Fsp3) is 0.600. The number of carbonyl (C=O) groups is 1. The fourth-order valence-corrected chi connectivity index (χ4v) is 2.33. The normalized spacial score (nSPS) is 19.0. The van der Waals surface area contributed by atoms with Crippen molar-refractivity contribution in [3.05, 3.63) is 18.1 Å². The minimum atomic E-state index is -0.396. The maximum atomic E-state index is 12.1. The number of anilines is 1. The molecule has 1 unspecified atom stereocenters. The van der Waals surface area contributed by atoms with E-state index in [4.69, 9.17) is 5.26 Å². The first kappa shape index (κ1) is 15.2. The van der Waals surface area contributed by atoms with Gasteiger partial charge in [-0.15, -0.1) is 0 Å². The van der Waals surface area contributed by atoms with Gasteiger partial charge in [0.15, 0.2) is 11.5 Å². The topological polar surface area (TPSA) is 81.9 Å². The molecule has 1 N–H and O–H groups in total. The van der Waals surface area contributed by atoms with Gasteiger partial charge in [0, 0.05) is 36.9 Å². The number of aromatic nitrogens is 2. The highest BCUT2D eigenvalue weighted by molar-refractivity contribution is 5.81. The molecule has 1 amide bonds. The molecule has 1 fully saturated rings. The highest BCUT2D eigenvalue weighted by atomic mass is 16.2. The molecule has 0 radical (unpaired) electrons. The van der Waals surface area contributed by atoms with Gasteiger partial charge in [0.2, 0.25) is 5.91 Å². The van der Waals surface area contributed by atoms with Gasteiger partial charge < -0.3 is 10.2 Å². The Morgan fingerprint density at radius 1 is 1.43 bits per heavy atom. The molecule has 6 nitrogen and oxygen atoms in total. The van der Waals surface area contributed by atoms with Gasteiger partial charge in [-0.3, -0.25) is 4.79 Å². The third kappa shape index (κ3) is 3.69. The summed E-state index contributed by atoms with van der Waals surface area (Å²) in [6.07, 6.45) is 5.01. The van der Waals surface area contributed by atoms with Gasteiger partial charge in [0.1, 0.15) is 6.07 Å². The van der Waals surface area contributed by atoms with Crippen LogP contribution in [0.4, 0.5) is 5.82 Å². The summed E-state index contributed by atoms with van der Waals surface area (Å²) in [5.41, 5.74) is -0.0626. The second-order valence-corrected chi connectivity index (χ2v) is 6.35. The van der Waals surface area contributed by atoms with Gasteiger partial charge in [-0.1, -0.05) is 20.8 Å². The highest BCUT2D eigenvalue weighted by Gasteiger charge is 2.28. The van der Waals surface area contributed by atoms with Crippen molar-refractivity contribution in [3.63, 3.8) is 0 Å². The summed E-state index contributed by atoms with van der Waals surface area (Å²) in [7, 11) is 0. The first-order chi connectivity index (χ1) is 9.91. The quantitative estimate of drug-likeness (QED) is 0.891. The number of amides is 1. The Labute approximate surface area is 125 Å². The number of nitrogens with one attached hydrogen (secondary N) is 1. The number of hydrogen-bond donors (Lipinski definition) is 1. The van der Waals surface area contributed by atoms with E-state index in [1.165, 1.54) is 6.20 Å². The summed E-state index contributed by atoms with van der Waals surface area (Å²) < 4.78 is 0. The number of piperidine rings is 1. The molecule has 1 saturated heterocycles. The smallest absolute Gasteiger partial charge is 0.225 e. The zero-order chi connectivity index (χ0) is 15.5. The predicted octanol–water partition coefficient (Wildman–Crippen LogP) is 1.48. The van der Waals surface area contributed by atoms with E-state index in [1.54, 1.807) is 6.20 Å². The Morgan fingerprint density at radius 3 is 2.81 bits per heavy atom. The minimum Gasteiger partial charge on any atom is -0.352 e. The average Bonchev–Trinajstić information content (AvgIpc) is 2.46. The van der Waals surface area contributed by atoms with Gasteiger partial charge >= 0.3 is 0 Å². The van der Waals surface area contributed by atoms with Crippen LogP contribution in [0.2, 0.25) is 0 Å². The molecule has 1 aliphatic heterocycles. The molecule has 2 rings (SSSR count). The molecule has 6 heteroatoms. The molecule has 112 valence electrons. The Morgan fingerprint density at radius 2 is 2.14 bits per heavy atom. The summed E-state index contributed by atoms with van der Waals surface area (Å²) >= 11 is 0. The zero-order valence-corrected chi connectivity index (χ0v) is 12.8. The van der Waals surface area contributed by atoms with Crippen molar-refractivity contribution in [1.82, 2.24) is 15.3 Å². The van der Waals surface area contributed by atoms with Crippen molar-refractivity contribution < 1.29 is 4.79 Å². The summed E-state index contributed by atoms with van der Waals surface area (Å²) in [4.78, 5) is 22.4. The van der Waals surface area contributed by atoms with Crippen LogP contribution in [0.3, 0.4) is 0 Å². The molecule has 2 heterocycles. The first-order valence-corrected chi connectivity index (χ1v) is 7.19. The Hall–Kier alpha value is -2.16. The molecule has 0 bridgehead atoms. The molecule has 0 saturated carbocycles.